The van der Waals surface area contributed by atoms with Crippen molar-refractivity contribution in [3.8, 4) is 17.3 Å². The number of piperidine rings is 1. The minimum absolute atomic E-state index is 0.000830. The van der Waals surface area contributed by atoms with Crippen molar-refractivity contribution < 1.29 is 19.1 Å². The van der Waals surface area contributed by atoms with Gasteiger partial charge in [-0.1, -0.05) is 6.92 Å². The molecule has 1 saturated heterocycles. The number of carbonyl (C=O) groups excluding carboxylic acids is 2. The number of nitrogens with two attached hydrogens (primary N) is 1. The van der Waals surface area contributed by atoms with E-state index >= 15 is 0 Å². The van der Waals surface area contributed by atoms with Gasteiger partial charge in [-0.2, -0.15) is 0 Å². The minimum Gasteiger partial charge on any atom is -0.494 e. The van der Waals surface area contributed by atoms with E-state index in [4.69, 9.17) is 25.2 Å². The van der Waals surface area contributed by atoms with Crippen LogP contribution in [0.25, 0.3) is 33.6 Å². The number of aryl methyl sites for hydroxylation is 1. The Labute approximate surface area is 256 Å². The molecule has 7 rings (SSSR count). The zero-order valence-corrected chi connectivity index (χ0v) is 25.9. The van der Waals surface area contributed by atoms with Crippen molar-refractivity contribution in [2.75, 3.05) is 33.4 Å². The van der Waals surface area contributed by atoms with Crippen LogP contribution < -0.4 is 15.8 Å². The maximum Gasteiger partial charge on any atom is 0.254 e. The van der Waals surface area contributed by atoms with Gasteiger partial charge in [0, 0.05) is 50.3 Å². The van der Waals surface area contributed by atoms with Crippen molar-refractivity contribution in [1.82, 2.24) is 29.3 Å². The molecule has 11 nitrogen and oxygen atoms in total. The van der Waals surface area contributed by atoms with Gasteiger partial charge in [0.25, 0.3) is 5.91 Å². The fourth-order valence-electron chi connectivity index (χ4n) is 6.82. The van der Waals surface area contributed by atoms with E-state index in [-0.39, 0.29) is 29.8 Å². The van der Waals surface area contributed by atoms with Crippen LogP contribution in [0.3, 0.4) is 0 Å². The van der Waals surface area contributed by atoms with Crippen LogP contribution in [0.15, 0.2) is 30.3 Å². The number of imidazole rings is 1. The molecule has 5 heterocycles. The lowest BCUT2D eigenvalue weighted by Crippen LogP contribution is -2.45. The Bertz CT molecular complexity index is 1760. The number of likely N-dealkylation sites (tertiary alicyclic amines) is 1. The molecule has 232 valence electrons. The zero-order valence-electron chi connectivity index (χ0n) is 25.9. The van der Waals surface area contributed by atoms with Crippen molar-refractivity contribution >= 4 is 33.9 Å². The topological polar surface area (TPSA) is 130 Å². The molecule has 2 aliphatic heterocycles. The van der Waals surface area contributed by atoms with Crippen molar-refractivity contribution in [2.24, 2.45) is 30.5 Å². The number of amides is 2. The highest BCUT2D eigenvalue weighted by Crippen LogP contribution is 2.43. The number of hydrogen-bond donors (Lipinski definition) is 2. The molecular weight excluding hydrogens is 558 g/mol. The van der Waals surface area contributed by atoms with E-state index in [1.54, 1.807) is 7.11 Å². The summed E-state index contributed by atoms with van der Waals surface area (Å²) in [6.45, 7) is 6.96. The Hall–Kier alpha value is -3.96. The van der Waals surface area contributed by atoms with E-state index in [9.17, 15) is 9.59 Å². The molecule has 11 heteroatoms. The van der Waals surface area contributed by atoms with Gasteiger partial charge in [-0.25, -0.2) is 9.97 Å². The number of carbonyl (C=O) groups is 2. The second-order valence-corrected chi connectivity index (χ2v) is 12.9. The van der Waals surface area contributed by atoms with Gasteiger partial charge >= 0.3 is 0 Å². The minimum atomic E-state index is -0.247. The summed E-state index contributed by atoms with van der Waals surface area (Å²) < 4.78 is 16.1. The average molecular weight is 600 g/mol. The average Bonchev–Trinajstić information content (AvgIpc) is 3.54. The van der Waals surface area contributed by atoms with Gasteiger partial charge in [0.05, 0.1) is 42.6 Å². The molecule has 0 unspecified atom stereocenters. The highest BCUT2D eigenvalue weighted by molar-refractivity contribution is 6.00. The number of benzene rings is 1. The number of ether oxygens (including phenoxy) is 2. The van der Waals surface area contributed by atoms with Crippen LogP contribution in [0.5, 0.6) is 5.75 Å². The molecule has 1 aromatic carbocycles. The van der Waals surface area contributed by atoms with Crippen LogP contribution in [-0.4, -0.2) is 75.3 Å². The van der Waals surface area contributed by atoms with E-state index in [1.807, 2.05) is 48.6 Å². The Morgan fingerprint density at radius 3 is 2.75 bits per heavy atom. The lowest BCUT2D eigenvalue weighted by Gasteiger charge is -2.30. The van der Waals surface area contributed by atoms with E-state index in [0.717, 1.165) is 59.6 Å². The zero-order chi connectivity index (χ0) is 30.7. The number of fused-ring (bicyclic) bond motifs is 3. The molecule has 0 radical (unpaired) electrons. The fourth-order valence-corrected chi connectivity index (χ4v) is 6.82. The number of rotatable bonds is 3. The summed E-state index contributed by atoms with van der Waals surface area (Å²) in [7, 11) is 3.61. The summed E-state index contributed by atoms with van der Waals surface area (Å²) in [4.78, 5) is 38.4. The highest BCUT2D eigenvalue weighted by Gasteiger charge is 2.39. The lowest BCUT2D eigenvalue weighted by atomic mass is 10.0. The smallest absolute Gasteiger partial charge is 0.254 e. The first-order valence-electron chi connectivity index (χ1n) is 15.7. The standard InChI is InChI=1S/C33H41N7O4/c1-18-16-44-17-23-10-22(23)14-40-27(12-20-7-8-25(36-30(20)40)19(2)35-32(18)41)31-37-26-11-21(13-28(43-4)29(26)38(31)3)33(42)39-9-5-6-24(34)15-39/h7-8,11-13,18-19,22-24H,5-6,9-10,14-17,34H2,1-4H3,(H,35,41)/t18-,19-,22+,23+,24-/m1/s1. The normalized spacial score (nSPS) is 26.0. The SMILES string of the molecule is COc1cc(C(=O)N2CCC[C@@H](N)C2)cc2nc(-c3cc4ccc5nc4n3C[C@@H]3C[C@H]3COC[C@@H](C)C(=O)N[C@@H]5C)n(C)c12. The van der Waals surface area contributed by atoms with E-state index in [2.05, 4.69) is 22.0 Å². The molecule has 1 aliphatic carbocycles. The molecule has 3 N–H and O–H groups in total. The maximum absolute atomic E-state index is 13.5. The number of nitrogens with zero attached hydrogens (tertiary/aromatic N) is 5. The van der Waals surface area contributed by atoms with Crippen LogP contribution in [-0.2, 0) is 23.1 Å². The van der Waals surface area contributed by atoms with Crippen LogP contribution in [0.2, 0.25) is 0 Å². The van der Waals surface area contributed by atoms with Gasteiger partial charge in [-0.05, 0) is 68.4 Å². The van der Waals surface area contributed by atoms with Crippen molar-refractivity contribution in [2.45, 2.75) is 51.7 Å². The summed E-state index contributed by atoms with van der Waals surface area (Å²) in [6.07, 6.45) is 2.90. The Morgan fingerprint density at radius 1 is 1.11 bits per heavy atom. The van der Waals surface area contributed by atoms with Gasteiger partial charge < -0.3 is 34.6 Å². The van der Waals surface area contributed by atoms with Crippen LogP contribution in [0, 0.1) is 17.8 Å². The Balaban J connectivity index is 1.33. The summed E-state index contributed by atoms with van der Waals surface area (Å²) in [5.74, 6) is 1.95. The lowest BCUT2D eigenvalue weighted by molar-refractivity contribution is -0.127. The fraction of sp³-hybridized carbons (Fsp3) is 0.515. The number of nitrogens with one attached hydrogen (secondary N) is 1. The van der Waals surface area contributed by atoms with Gasteiger partial charge in [-0.3, -0.25) is 9.59 Å². The maximum atomic E-state index is 13.5. The largest absolute Gasteiger partial charge is 0.494 e. The van der Waals surface area contributed by atoms with E-state index in [0.29, 0.717) is 55.0 Å². The first-order valence-corrected chi connectivity index (χ1v) is 15.7. The molecule has 5 atom stereocenters. The number of methoxy groups -OCH3 is 1. The molecule has 0 spiro atoms. The van der Waals surface area contributed by atoms with Gasteiger partial charge in [-0.15, -0.1) is 0 Å². The van der Waals surface area contributed by atoms with Crippen LogP contribution in [0.4, 0.5) is 0 Å². The van der Waals surface area contributed by atoms with Crippen LogP contribution >= 0.6 is 0 Å². The number of pyridine rings is 1. The second-order valence-electron chi connectivity index (χ2n) is 12.9. The molecule has 2 fully saturated rings. The molecule has 1 saturated carbocycles. The predicted octanol–water partition coefficient (Wildman–Crippen LogP) is 3.64. The first kappa shape index (κ1) is 28.8. The molecule has 44 heavy (non-hydrogen) atoms. The molecular formula is C33H41N7O4. The predicted molar refractivity (Wildman–Crippen MR) is 167 cm³/mol. The van der Waals surface area contributed by atoms with Crippen molar-refractivity contribution in [1.29, 1.82) is 0 Å². The van der Waals surface area contributed by atoms with E-state index in [1.165, 1.54) is 0 Å². The Morgan fingerprint density at radius 2 is 1.95 bits per heavy atom. The van der Waals surface area contributed by atoms with Crippen molar-refractivity contribution in [3.05, 3.63) is 41.6 Å². The molecule has 2 bridgehead atoms. The summed E-state index contributed by atoms with van der Waals surface area (Å²) in [5, 5.41) is 4.11. The molecule has 3 aromatic heterocycles. The number of aromatic nitrogens is 4. The van der Waals surface area contributed by atoms with E-state index < -0.39 is 0 Å². The second kappa shape index (κ2) is 11.2. The first-order chi connectivity index (χ1) is 21.2. The van der Waals surface area contributed by atoms with Crippen LogP contribution in [0.1, 0.15) is 55.2 Å². The molecule has 3 aliphatic rings. The molecule has 4 aromatic rings. The quantitative estimate of drug-likeness (QED) is 0.368. The van der Waals surface area contributed by atoms with Gasteiger partial charge in [0.2, 0.25) is 5.91 Å². The third kappa shape index (κ3) is 5.11. The molecule has 2 amide bonds. The summed E-state index contributed by atoms with van der Waals surface area (Å²) in [5.41, 5.74) is 10.9. The van der Waals surface area contributed by atoms with Gasteiger partial charge in [0.15, 0.2) is 5.82 Å². The van der Waals surface area contributed by atoms with Gasteiger partial charge in [0.1, 0.15) is 16.9 Å². The summed E-state index contributed by atoms with van der Waals surface area (Å²) in [6, 6.07) is 9.63. The highest BCUT2D eigenvalue weighted by atomic mass is 16.5. The number of hydrogen-bond acceptors (Lipinski definition) is 7. The monoisotopic (exact) mass is 599 g/mol. The van der Waals surface area contributed by atoms with Crippen molar-refractivity contribution in [3.63, 3.8) is 0 Å². The third-order valence-corrected chi connectivity index (χ3v) is 9.58. The summed E-state index contributed by atoms with van der Waals surface area (Å²) >= 11 is 0. The Kier molecular flexibility index (Phi) is 7.32. The third-order valence-electron chi connectivity index (χ3n) is 9.58.